The lowest BCUT2D eigenvalue weighted by molar-refractivity contribution is -0.120. The number of carbonyl (C=O) groups is 1. The van der Waals surface area contributed by atoms with Crippen LogP contribution in [0.5, 0.6) is 0 Å². The minimum atomic E-state index is -0.720. The first-order valence-electron chi connectivity index (χ1n) is 6.26. The highest BCUT2D eigenvalue weighted by Crippen LogP contribution is 2.39. The number of nitrogens with one attached hydrogen (secondary N) is 2. The minimum Gasteiger partial charge on any atom is -0.375 e. The molecule has 2 N–H and O–H groups in total. The number of halogens is 1. The van der Waals surface area contributed by atoms with Gasteiger partial charge in [-0.3, -0.25) is 4.79 Å². The summed E-state index contributed by atoms with van der Waals surface area (Å²) >= 11 is 2.22. The van der Waals surface area contributed by atoms with Crippen molar-refractivity contribution in [2.45, 2.75) is 25.3 Å². The third-order valence-electron chi connectivity index (χ3n) is 3.34. The molecule has 0 radical (unpaired) electrons. The molecule has 5 heteroatoms. The molecule has 1 aliphatic carbocycles. The molecule has 0 aliphatic heterocycles. The lowest BCUT2D eigenvalue weighted by Crippen LogP contribution is -2.48. The van der Waals surface area contributed by atoms with E-state index in [9.17, 15) is 10.1 Å². The maximum atomic E-state index is 11.9. The Balaban J connectivity index is 1.88. The van der Waals surface area contributed by atoms with Gasteiger partial charge in [0.1, 0.15) is 5.54 Å². The monoisotopic (exact) mass is 369 g/mol. The van der Waals surface area contributed by atoms with Gasteiger partial charge in [0.25, 0.3) is 0 Å². The van der Waals surface area contributed by atoms with E-state index in [2.05, 4.69) is 39.3 Å². The van der Waals surface area contributed by atoms with Crippen LogP contribution in [0.4, 0.5) is 5.69 Å². The zero-order chi connectivity index (χ0) is 13.9. The lowest BCUT2D eigenvalue weighted by atomic mass is 9.98. The van der Waals surface area contributed by atoms with Crippen molar-refractivity contribution in [2.24, 2.45) is 5.92 Å². The quantitative estimate of drug-likeness (QED) is 0.784. The number of nitriles is 1. The van der Waals surface area contributed by atoms with E-state index < -0.39 is 5.54 Å². The summed E-state index contributed by atoms with van der Waals surface area (Å²) in [6.45, 7) is 1.98. The van der Waals surface area contributed by atoms with Crippen LogP contribution in [0.3, 0.4) is 0 Å². The minimum absolute atomic E-state index is 0.143. The van der Waals surface area contributed by atoms with Gasteiger partial charge in [-0.25, -0.2) is 0 Å². The highest BCUT2D eigenvalue weighted by Gasteiger charge is 2.42. The fraction of sp³-hybridized carbons (Fsp3) is 0.429. The molecule has 0 bridgehead atoms. The van der Waals surface area contributed by atoms with E-state index in [0.29, 0.717) is 5.92 Å². The molecule has 0 aromatic heterocycles. The highest BCUT2D eigenvalue weighted by atomic mass is 127. The fourth-order valence-corrected chi connectivity index (χ4v) is 2.57. The van der Waals surface area contributed by atoms with Crippen molar-refractivity contribution in [2.75, 3.05) is 11.9 Å². The number of rotatable bonds is 5. The molecule has 1 aliphatic rings. The van der Waals surface area contributed by atoms with Crippen molar-refractivity contribution in [3.8, 4) is 6.07 Å². The standard InChI is InChI=1S/C14H16IN3O/c1-14(9-16,10-6-7-10)18-13(19)8-17-12-5-3-2-4-11(12)15/h2-5,10,17H,6-8H2,1H3,(H,18,19). The Morgan fingerprint density at radius 3 is 2.79 bits per heavy atom. The van der Waals surface area contributed by atoms with Gasteiger partial charge in [0.2, 0.25) is 5.91 Å². The molecular weight excluding hydrogens is 353 g/mol. The van der Waals surface area contributed by atoms with Gasteiger partial charge in [0.05, 0.1) is 12.6 Å². The molecule has 0 heterocycles. The molecule has 1 aromatic carbocycles. The van der Waals surface area contributed by atoms with Crippen LogP contribution in [-0.2, 0) is 4.79 Å². The van der Waals surface area contributed by atoms with Crippen molar-refractivity contribution in [1.29, 1.82) is 5.26 Å². The van der Waals surface area contributed by atoms with Gasteiger partial charge in [-0.1, -0.05) is 12.1 Å². The summed E-state index contributed by atoms with van der Waals surface area (Å²) in [5.41, 5.74) is 0.214. The largest absolute Gasteiger partial charge is 0.375 e. The molecule has 1 saturated carbocycles. The maximum Gasteiger partial charge on any atom is 0.240 e. The molecule has 1 amide bonds. The van der Waals surface area contributed by atoms with Gasteiger partial charge in [-0.05, 0) is 60.4 Å². The molecule has 0 saturated heterocycles. The Bertz CT molecular complexity index is 522. The van der Waals surface area contributed by atoms with Crippen LogP contribution in [0.15, 0.2) is 24.3 Å². The average Bonchev–Trinajstić information content (AvgIpc) is 3.22. The number of hydrogen-bond donors (Lipinski definition) is 2. The Kier molecular flexibility index (Phi) is 4.30. The lowest BCUT2D eigenvalue weighted by Gasteiger charge is -2.23. The van der Waals surface area contributed by atoms with Crippen LogP contribution in [0, 0.1) is 20.8 Å². The second-order valence-electron chi connectivity index (χ2n) is 4.97. The van der Waals surface area contributed by atoms with Gasteiger partial charge in [-0.15, -0.1) is 0 Å². The van der Waals surface area contributed by atoms with Crippen LogP contribution in [0.1, 0.15) is 19.8 Å². The second-order valence-corrected chi connectivity index (χ2v) is 6.13. The van der Waals surface area contributed by atoms with E-state index >= 15 is 0 Å². The third-order valence-corrected chi connectivity index (χ3v) is 4.28. The first-order valence-corrected chi connectivity index (χ1v) is 7.34. The smallest absolute Gasteiger partial charge is 0.240 e. The van der Waals surface area contributed by atoms with E-state index in [-0.39, 0.29) is 12.5 Å². The summed E-state index contributed by atoms with van der Waals surface area (Å²) in [7, 11) is 0. The van der Waals surface area contributed by atoms with Crippen molar-refractivity contribution in [1.82, 2.24) is 5.32 Å². The summed E-state index contributed by atoms with van der Waals surface area (Å²) < 4.78 is 1.07. The van der Waals surface area contributed by atoms with Crippen LogP contribution < -0.4 is 10.6 Å². The molecule has 2 rings (SSSR count). The number of benzene rings is 1. The summed E-state index contributed by atoms with van der Waals surface area (Å²) in [6, 6.07) is 10.0. The molecule has 0 spiro atoms. The molecule has 1 fully saturated rings. The third kappa shape index (κ3) is 3.60. The molecule has 100 valence electrons. The molecule has 1 atom stereocenters. The topological polar surface area (TPSA) is 64.9 Å². The summed E-state index contributed by atoms with van der Waals surface area (Å²) in [6.07, 6.45) is 2.04. The fourth-order valence-electron chi connectivity index (χ4n) is 2.00. The van der Waals surface area contributed by atoms with E-state index in [0.717, 1.165) is 22.1 Å². The number of hydrogen-bond acceptors (Lipinski definition) is 3. The number of carbonyl (C=O) groups excluding carboxylic acids is 1. The van der Waals surface area contributed by atoms with E-state index in [1.807, 2.05) is 24.3 Å². The van der Waals surface area contributed by atoms with Crippen molar-refractivity contribution in [3.63, 3.8) is 0 Å². The molecule has 1 unspecified atom stereocenters. The molecule has 1 aromatic rings. The van der Waals surface area contributed by atoms with Crippen LogP contribution in [0.2, 0.25) is 0 Å². The van der Waals surface area contributed by atoms with Crippen molar-refractivity contribution in [3.05, 3.63) is 27.8 Å². The van der Waals surface area contributed by atoms with Crippen molar-refractivity contribution < 1.29 is 4.79 Å². The number of amides is 1. The number of para-hydroxylation sites is 1. The first kappa shape index (κ1) is 14.1. The summed E-state index contributed by atoms with van der Waals surface area (Å²) in [5, 5.41) is 15.1. The molecular formula is C14H16IN3O. The SMILES string of the molecule is CC(C#N)(NC(=O)CNc1ccccc1I)C1CC1. The Hall–Kier alpha value is -1.29. The zero-order valence-corrected chi connectivity index (χ0v) is 12.9. The Morgan fingerprint density at radius 2 is 2.21 bits per heavy atom. The van der Waals surface area contributed by atoms with Crippen LogP contribution in [-0.4, -0.2) is 18.0 Å². The van der Waals surface area contributed by atoms with Crippen LogP contribution in [0.25, 0.3) is 0 Å². The Morgan fingerprint density at radius 1 is 1.53 bits per heavy atom. The number of anilines is 1. The summed E-state index contributed by atoms with van der Waals surface area (Å²) in [5.74, 6) is 0.161. The van der Waals surface area contributed by atoms with Gasteiger partial charge in [-0.2, -0.15) is 5.26 Å². The van der Waals surface area contributed by atoms with Crippen molar-refractivity contribution >= 4 is 34.2 Å². The van der Waals surface area contributed by atoms with E-state index in [1.165, 1.54) is 0 Å². The first-order chi connectivity index (χ1) is 9.05. The molecule has 4 nitrogen and oxygen atoms in total. The predicted molar refractivity (Wildman–Crippen MR) is 82.5 cm³/mol. The highest BCUT2D eigenvalue weighted by molar-refractivity contribution is 14.1. The average molecular weight is 369 g/mol. The second kappa shape index (κ2) is 5.78. The van der Waals surface area contributed by atoms with E-state index in [4.69, 9.17) is 0 Å². The van der Waals surface area contributed by atoms with Gasteiger partial charge in [0, 0.05) is 9.26 Å². The predicted octanol–water partition coefficient (Wildman–Crippen LogP) is 2.51. The van der Waals surface area contributed by atoms with Gasteiger partial charge in [0.15, 0.2) is 0 Å². The van der Waals surface area contributed by atoms with Gasteiger partial charge >= 0.3 is 0 Å². The zero-order valence-electron chi connectivity index (χ0n) is 10.7. The maximum absolute atomic E-state index is 11.9. The summed E-state index contributed by atoms with van der Waals surface area (Å²) in [4.78, 5) is 11.9. The normalized spacial score (nSPS) is 17.1. The van der Waals surface area contributed by atoms with E-state index in [1.54, 1.807) is 6.92 Å². The molecule has 19 heavy (non-hydrogen) atoms. The van der Waals surface area contributed by atoms with Crippen LogP contribution >= 0.6 is 22.6 Å². The van der Waals surface area contributed by atoms with Gasteiger partial charge < -0.3 is 10.6 Å². The number of nitrogens with zero attached hydrogens (tertiary/aromatic N) is 1. The Labute approximate surface area is 126 Å².